The van der Waals surface area contributed by atoms with E-state index in [1.165, 1.54) is 7.11 Å². The van der Waals surface area contributed by atoms with E-state index in [1.807, 2.05) is 18.2 Å². The largest absolute Gasteiger partial charge is 0.497 e. The predicted molar refractivity (Wildman–Crippen MR) is 110 cm³/mol. The lowest BCUT2D eigenvalue weighted by Crippen LogP contribution is -2.17. The molecule has 1 heterocycles. The van der Waals surface area contributed by atoms with Crippen LogP contribution in [0.4, 0.5) is 5.69 Å². The Labute approximate surface area is 167 Å². The normalized spacial score (nSPS) is 11.1. The van der Waals surface area contributed by atoms with Gasteiger partial charge < -0.3 is 9.47 Å². The molecule has 0 aliphatic heterocycles. The lowest BCUT2D eigenvalue weighted by molar-refractivity contribution is 0.0528. The summed E-state index contributed by atoms with van der Waals surface area (Å²) >= 11 is 1.05. The summed E-state index contributed by atoms with van der Waals surface area (Å²) in [5.41, 5.74) is 1.51. The molecule has 0 aliphatic rings. The summed E-state index contributed by atoms with van der Waals surface area (Å²) in [7, 11) is -2.51. The Morgan fingerprint density at radius 1 is 1.07 bits per heavy atom. The van der Waals surface area contributed by atoms with Crippen molar-refractivity contribution in [3.05, 3.63) is 64.9 Å². The van der Waals surface area contributed by atoms with Crippen LogP contribution < -0.4 is 9.46 Å². The van der Waals surface area contributed by atoms with E-state index in [4.69, 9.17) is 9.47 Å². The van der Waals surface area contributed by atoms with Crippen LogP contribution in [0.1, 0.15) is 16.6 Å². The topological polar surface area (TPSA) is 81.7 Å². The zero-order chi connectivity index (χ0) is 20.1. The molecule has 8 heteroatoms. The van der Waals surface area contributed by atoms with Crippen molar-refractivity contribution in [2.75, 3.05) is 18.4 Å². The van der Waals surface area contributed by atoms with Crippen LogP contribution in [0.3, 0.4) is 0 Å². The molecule has 0 saturated heterocycles. The zero-order valence-electron chi connectivity index (χ0n) is 15.3. The number of anilines is 1. The van der Waals surface area contributed by atoms with Gasteiger partial charge in [0.25, 0.3) is 10.0 Å². The Morgan fingerprint density at radius 3 is 2.36 bits per heavy atom. The SMILES string of the molecule is CCOC(=O)c1scc(-c2ccccc2)c1S(=O)(=O)Nc1ccc(OC)cc1. The van der Waals surface area contributed by atoms with E-state index in [1.54, 1.807) is 48.7 Å². The fraction of sp³-hybridized carbons (Fsp3) is 0.150. The Bertz CT molecular complexity index is 1060. The second-order valence-electron chi connectivity index (χ2n) is 5.73. The van der Waals surface area contributed by atoms with E-state index in [9.17, 15) is 13.2 Å². The summed E-state index contributed by atoms with van der Waals surface area (Å²) in [5, 5.41) is 1.66. The minimum atomic E-state index is -4.04. The van der Waals surface area contributed by atoms with Crippen molar-refractivity contribution in [1.82, 2.24) is 0 Å². The van der Waals surface area contributed by atoms with E-state index in [-0.39, 0.29) is 16.4 Å². The summed E-state index contributed by atoms with van der Waals surface area (Å²) in [6.07, 6.45) is 0. The molecule has 0 aliphatic carbocycles. The molecule has 3 rings (SSSR count). The molecule has 0 unspecified atom stereocenters. The van der Waals surface area contributed by atoms with Gasteiger partial charge in [-0.15, -0.1) is 11.3 Å². The summed E-state index contributed by atoms with van der Waals surface area (Å²) in [6.45, 7) is 1.83. The van der Waals surface area contributed by atoms with Crippen LogP contribution in [0.15, 0.2) is 64.9 Å². The second kappa shape index (κ2) is 8.45. The van der Waals surface area contributed by atoms with E-state index in [0.717, 1.165) is 11.3 Å². The lowest BCUT2D eigenvalue weighted by atomic mass is 10.1. The molecule has 0 amide bonds. The van der Waals surface area contributed by atoms with Gasteiger partial charge in [0.2, 0.25) is 0 Å². The van der Waals surface area contributed by atoms with E-state index in [0.29, 0.717) is 22.6 Å². The number of ether oxygens (including phenoxy) is 2. The standard InChI is InChI=1S/C20H19NO5S2/c1-3-26-20(22)18-19(17(13-27-18)14-7-5-4-6-8-14)28(23,24)21-15-9-11-16(25-2)12-10-15/h4-13,21H,3H2,1-2H3. The molecule has 146 valence electrons. The maximum atomic E-state index is 13.2. The van der Waals surface area contributed by atoms with E-state index >= 15 is 0 Å². The van der Waals surface area contributed by atoms with Gasteiger partial charge in [-0.3, -0.25) is 4.72 Å². The molecule has 0 fully saturated rings. The van der Waals surface area contributed by atoms with Gasteiger partial charge in [0.1, 0.15) is 15.5 Å². The quantitative estimate of drug-likeness (QED) is 0.576. The van der Waals surface area contributed by atoms with Crippen LogP contribution in [0.25, 0.3) is 11.1 Å². The minimum absolute atomic E-state index is 0.0433. The lowest BCUT2D eigenvalue weighted by Gasteiger charge is -2.12. The third-order valence-corrected chi connectivity index (χ3v) is 6.46. The van der Waals surface area contributed by atoms with E-state index < -0.39 is 16.0 Å². The van der Waals surface area contributed by atoms with Crippen molar-refractivity contribution in [2.24, 2.45) is 0 Å². The summed E-state index contributed by atoms with van der Waals surface area (Å²) in [6, 6.07) is 15.5. The van der Waals surface area contributed by atoms with Crippen LogP contribution in [0.2, 0.25) is 0 Å². The molecule has 2 aromatic carbocycles. The molecule has 0 atom stereocenters. The third-order valence-electron chi connectivity index (χ3n) is 3.90. The molecule has 0 saturated carbocycles. The van der Waals surface area contributed by atoms with Crippen LogP contribution in [0.5, 0.6) is 5.75 Å². The molecule has 28 heavy (non-hydrogen) atoms. The first-order valence-electron chi connectivity index (χ1n) is 8.47. The van der Waals surface area contributed by atoms with Crippen LogP contribution >= 0.6 is 11.3 Å². The number of carbonyl (C=O) groups is 1. The van der Waals surface area contributed by atoms with Gasteiger partial charge in [0.05, 0.1) is 13.7 Å². The zero-order valence-corrected chi connectivity index (χ0v) is 17.0. The van der Waals surface area contributed by atoms with Gasteiger partial charge in [-0.2, -0.15) is 0 Å². The molecule has 3 aromatic rings. The minimum Gasteiger partial charge on any atom is -0.497 e. The fourth-order valence-electron chi connectivity index (χ4n) is 2.63. The highest BCUT2D eigenvalue weighted by atomic mass is 32.2. The number of methoxy groups -OCH3 is 1. The maximum absolute atomic E-state index is 13.2. The molecule has 6 nitrogen and oxygen atoms in total. The van der Waals surface area contributed by atoms with Crippen LogP contribution in [0, 0.1) is 0 Å². The molecule has 1 N–H and O–H groups in total. The molecule has 0 radical (unpaired) electrons. The number of benzene rings is 2. The number of carbonyl (C=O) groups excluding carboxylic acids is 1. The summed E-state index contributed by atoms with van der Waals surface area (Å²) in [4.78, 5) is 12.3. The van der Waals surface area contributed by atoms with Crippen molar-refractivity contribution < 1.29 is 22.7 Å². The molecule has 0 spiro atoms. The third kappa shape index (κ3) is 4.18. The Hall–Kier alpha value is -2.84. The van der Waals surface area contributed by atoms with Gasteiger partial charge >= 0.3 is 5.97 Å². The Kier molecular flexibility index (Phi) is 6.01. The summed E-state index contributed by atoms with van der Waals surface area (Å²) < 4.78 is 39.1. The van der Waals surface area contributed by atoms with Crippen molar-refractivity contribution in [1.29, 1.82) is 0 Å². The van der Waals surface area contributed by atoms with Gasteiger partial charge in [-0.05, 0) is 36.8 Å². The Balaban J connectivity index is 2.08. The first-order chi connectivity index (χ1) is 13.5. The number of hydrogen-bond acceptors (Lipinski definition) is 6. The number of thiophene rings is 1. The van der Waals surface area contributed by atoms with Crippen LogP contribution in [-0.4, -0.2) is 28.1 Å². The van der Waals surface area contributed by atoms with Crippen molar-refractivity contribution in [3.8, 4) is 16.9 Å². The number of rotatable bonds is 7. The number of esters is 1. The summed E-state index contributed by atoms with van der Waals surface area (Å²) in [5.74, 6) is -0.0551. The monoisotopic (exact) mass is 417 g/mol. The predicted octanol–water partition coefficient (Wildman–Crippen LogP) is 4.40. The Morgan fingerprint density at radius 2 is 1.75 bits per heavy atom. The second-order valence-corrected chi connectivity index (χ2v) is 8.23. The number of sulfonamides is 1. The molecule has 1 aromatic heterocycles. The van der Waals surface area contributed by atoms with Crippen molar-refractivity contribution in [2.45, 2.75) is 11.8 Å². The van der Waals surface area contributed by atoms with Crippen molar-refractivity contribution >= 4 is 33.0 Å². The van der Waals surface area contributed by atoms with Gasteiger partial charge in [0.15, 0.2) is 0 Å². The highest BCUT2D eigenvalue weighted by Gasteiger charge is 2.30. The van der Waals surface area contributed by atoms with E-state index in [2.05, 4.69) is 4.72 Å². The highest BCUT2D eigenvalue weighted by Crippen LogP contribution is 2.36. The first kappa shape index (κ1) is 19.9. The van der Waals surface area contributed by atoms with Gasteiger partial charge in [-0.25, -0.2) is 13.2 Å². The molecular weight excluding hydrogens is 398 g/mol. The first-order valence-corrected chi connectivity index (χ1v) is 10.8. The average Bonchev–Trinajstić information content (AvgIpc) is 3.16. The number of nitrogens with one attached hydrogen (secondary N) is 1. The molecular formula is C20H19NO5S2. The average molecular weight is 418 g/mol. The van der Waals surface area contributed by atoms with Crippen LogP contribution in [-0.2, 0) is 14.8 Å². The maximum Gasteiger partial charge on any atom is 0.349 e. The fourth-order valence-corrected chi connectivity index (χ4v) is 5.39. The number of hydrogen-bond donors (Lipinski definition) is 1. The molecule has 0 bridgehead atoms. The van der Waals surface area contributed by atoms with Gasteiger partial charge in [0, 0.05) is 16.6 Å². The van der Waals surface area contributed by atoms with Gasteiger partial charge in [-0.1, -0.05) is 30.3 Å². The van der Waals surface area contributed by atoms with Crippen molar-refractivity contribution in [3.63, 3.8) is 0 Å². The highest BCUT2D eigenvalue weighted by molar-refractivity contribution is 7.93. The smallest absolute Gasteiger partial charge is 0.349 e.